The molecule has 3 nitrogen and oxygen atoms in total. The lowest BCUT2D eigenvalue weighted by atomic mass is 9.89. The van der Waals surface area contributed by atoms with E-state index in [-0.39, 0.29) is 0 Å². The van der Waals surface area contributed by atoms with Crippen LogP contribution in [-0.4, -0.2) is 16.3 Å². The minimum atomic E-state index is 0.874. The van der Waals surface area contributed by atoms with E-state index < -0.39 is 0 Å². The molecule has 0 saturated heterocycles. The molecule has 1 aromatic rings. The second-order valence-corrected chi connectivity index (χ2v) is 4.82. The Hall–Kier alpha value is -0.990. The Bertz CT molecular complexity index is 300. The van der Waals surface area contributed by atoms with Gasteiger partial charge in [-0.15, -0.1) is 0 Å². The largest absolute Gasteiger partial charge is 0.370 e. The Labute approximate surface area is 98.2 Å². The van der Waals surface area contributed by atoms with Crippen molar-refractivity contribution in [3.05, 3.63) is 12.3 Å². The number of nitrogens with one attached hydrogen (secondary N) is 1. The van der Waals surface area contributed by atoms with E-state index in [0.717, 1.165) is 25.4 Å². The maximum Gasteiger partial charge on any atom is 0.124 e. The van der Waals surface area contributed by atoms with Gasteiger partial charge in [-0.2, -0.15) is 5.10 Å². The van der Waals surface area contributed by atoms with Crippen molar-refractivity contribution in [3.63, 3.8) is 0 Å². The highest BCUT2D eigenvalue weighted by Crippen LogP contribution is 2.23. The van der Waals surface area contributed by atoms with E-state index >= 15 is 0 Å². The molecule has 16 heavy (non-hydrogen) atoms. The summed E-state index contributed by atoms with van der Waals surface area (Å²) in [4.78, 5) is 0. The van der Waals surface area contributed by atoms with Gasteiger partial charge in [0, 0.05) is 19.2 Å². The molecule has 1 fully saturated rings. The molecule has 0 atom stereocenters. The maximum atomic E-state index is 4.32. The van der Waals surface area contributed by atoms with Gasteiger partial charge < -0.3 is 5.32 Å². The van der Waals surface area contributed by atoms with E-state index in [2.05, 4.69) is 28.1 Å². The molecule has 0 spiro atoms. The van der Waals surface area contributed by atoms with Crippen LogP contribution in [-0.2, 0) is 6.54 Å². The van der Waals surface area contributed by atoms with Gasteiger partial charge in [0.1, 0.15) is 5.82 Å². The highest BCUT2D eigenvalue weighted by molar-refractivity contribution is 5.33. The third-order valence-electron chi connectivity index (χ3n) is 3.45. The van der Waals surface area contributed by atoms with Crippen LogP contribution in [0, 0.1) is 5.92 Å². The molecular formula is C13H23N3. The van der Waals surface area contributed by atoms with Gasteiger partial charge in [0.25, 0.3) is 0 Å². The van der Waals surface area contributed by atoms with Crippen LogP contribution in [0.2, 0.25) is 0 Å². The molecule has 0 amide bonds. The SMILES string of the molecule is CCCn1nccc1NCC1CCCCC1. The predicted octanol–water partition coefficient (Wildman–Crippen LogP) is 3.29. The number of anilines is 1. The molecule has 90 valence electrons. The first kappa shape index (κ1) is 11.5. The van der Waals surface area contributed by atoms with Crippen LogP contribution in [0.4, 0.5) is 5.82 Å². The fourth-order valence-electron chi connectivity index (χ4n) is 2.51. The Morgan fingerprint density at radius 3 is 2.94 bits per heavy atom. The molecule has 1 aliphatic rings. The lowest BCUT2D eigenvalue weighted by Crippen LogP contribution is -2.19. The van der Waals surface area contributed by atoms with Gasteiger partial charge in [0.2, 0.25) is 0 Å². The molecule has 0 aliphatic heterocycles. The van der Waals surface area contributed by atoms with Crippen molar-refractivity contribution in [2.24, 2.45) is 5.92 Å². The molecule has 1 heterocycles. The topological polar surface area (TPSA) is 29.9 Å². The quantitative estimate of drug-likeness (QED) is 0.827. The minimum absolute atomic E-state index is 0.874. The Kier molecular flexibility index (Phi) is 4.25. The van der Waals surface area contributed by atoms with Crippen LogP contribution in [0.3, 0.4) is 0 Å². The highest BCUT2D eigenvalue weighted by Gasteiger charge is 2.13. The second kappa shape index (κ2) is 5.92. The summed E-state index contributed by atoms with van der Waals surface area (Å²) in [7, 11) is 0. The normalized spacial score (nSPS) is 17.6. The number of hydrogen-bond donors (Lipinski definition) is 1. The number of aromatic nitrogens is 2. The van der Waals surface area contributed by atoms with Crippen LogP contribution in [0.25, 0.3) is 0 Å². The number of hydrogen-bond acceptors (Lipinski definition) is 2. The van der Waals surface area contributed by atoms with Gasteiger partial charge in [-0.25, -0.2) is 4.68 Å². The predicted molar refractivity (Wildman–Crippen MR) is 67.6 cm³/mol. The fourth-order valence-corrected chi connectivity index (χ4v) is 2.51. The van der Waals surface area contributed by atoms with E-state index in [1.165, 1.54) is 37.9 Å². The average molecular weight is 221 g/mol. The molecule has 2 rings (SSSR count). The Balaban J connectivity index is 1.81. The first-order chi connectivity index (χ1) is 7.90. The van der Waals surface area contributed by atoms with Crippen LogP contribution in [0.15, 0.2) is 12.3 Å². The van der Waals surface area contributed by atoms with Crippen molar-refractivity contribution in [1.82, 2.24) is 9.78 Å². The van der Waals surface area contributed by atoms with E-state index in [4.69, 9.17) is 0 Å². The first-order valence-corrected chi connectivity index (χ1v) is 6.66. The zero-order chi connectivity index (χ0) is 11.2. The van der Waals surface area contributed by atoms with E-state index in [9.17, 15) is 0 Å². The lowest BCUT2D eigenvalue weighted by molar-refractivity contribution is 0.372. The van der Waals surface area contributed by atoms with Crippen molar-refractivity contribution in [2.45, 2.75) is 52.0 Å². The van der Waals surface area contributed by atoms with Crippen LogP contribution >= 0.6 is 0 Å². The fraction of sp³-hybridized carbons (Fsp3) is 0.769. The number of rotatable bonds is 5. The van der Waals surface area contributed by atoms with Crippen LogP contribution in [0.1, 0.15) is 45.4 Å². The molecule has 0 aromatic carbocycles. The third-order valence-corrected chi connectivity index (χ3v) is 3.45. The minimum Gasteiger partial charge on any atom is -0.370 e. The third kappa shape index (κ3) is 3.00. The molecule has 1 saturated carbocycles. The van der Waals surface area contributed by atoms with Crippen molar-refractivity contribution in [3.8, 4) is 0 Å². The second-order valence-electron chi connectivity index (χ2n) is 4.82. The van der Waals surface area contributed by atoms with Gasteiger partial charge in [-0.3, -0.25) is 0 Å². The standard InChI is InChI=1S/C13H23N3/c1-2-10-16-13(8-9-15-16)14-11-12-6-4-3-5-7-12/h8-9,12,14H,2-7,10-11H2,1H3. The summed E-state index contributed by atoms with van der Waals surface area (Å²) in [6.07, 6.45) is 10.1. The highest BCUT2D eigenvalue weighted by atomic mass is 15.3. The maximum absolute atomic E-state index is 4.32. The average Bonchev–Trinajstić information content (AvgIpc) is 2.76. The summed E-state index contributed by atoms with van der Waals surface area (Å²) >= 11 is 0. The molecule has 1 aliphatic carbocycles. The molecule has 3 heteroatoms. The van der Waals surface area contributed by atoms with Crippen LogP contribution in [0.5, 0.6) is 0 Å². The van der Waals surface area contributed by atoms with E-state index in [1.807, 2.05) is 6.20 Å². The summed E-state index contributed by atoms with van der Waals surface area (Å²) in [5.74, 6) is 2.06. The van der Waals surface area contributed by atoms with Gasteiger partial charge in [-0.05, 0) is 25.2 Å². The summed E-state index contributed by atoms with van der Waals surface area (Å²) in [6, 6.07) is 2.08. The summed E-state index contributed by atoms with van der Waals surface area (Å²) in [5.41, 5.74) is 0. The van der Waals surface area contributed by atoms with Gasteiger partial charge >= 0.3 is 0 Å². The molecule has 1 N–H and O–H groups in total. The van der Waals surface area contributed by atoms with E-state index in [0.29, 0.717) is 0 Å². The molecule has 0 unspecified atom stereocenters. The summed E-state index contributed by atoms with van der Waals surface area (Å²) in [5, 5.41) is 7.87. The van der Waals surface area contributed by atoms with Gasteiger partial charge in [-0.1, -0.05) is 26.2 Å². The lowest BCUT2D eigenvalue weighted by Gasteiger charge is -2.22. The van der Waals surface area contributed by atoms with Crippen molar-refractivity contribution in [2.75, 3.05) is 11.9 Å². The molecule has 0 bridgehead atoms. The molecule has 1 aromatic heterocycles. The van der Waals surface area contributed by atoms with Crippen molar-refractivity contribution < 1.29 is 0 Å². The number of nitrogens with zero attached hydrogens (tertiary/aromatic N) is 2. The Morgan fingerprint density at radius 2 is 2.19 bits per heavy atom. The first-order valence-electron chi connectivity index (χ1n) is 6.66. The van der Waals surface area contributed by atoms with Gasteiger partial charge in [0.15, 0.2) is 0 Å². The Morgan fingerprint density at radius 1 is 1.38 bits per heavy atom. The molecular weight excluding hydrogens is 198 g/mol. The summed E-state index contributed by atoms with van der Waals surface area (Å²) < 4.78 is 2.07. The number of aryl methyl sites for hydroxylation is 1. The van der Waals surface area contributed by atoms with E-state index in [1.54, 1.807) is 0 Å². The smallest absolute Gasteiger partial charge is 0.124 e. The summed E-state index contributed by atoms with van der Waals surface area (Å²) in [6.45, 7) is 4.32. The zero-order valence-corrected chi connectivity index (χ0v) is 10.3. The van der Waals surface area contributed by atoms with Crippen LogP contribution < -0.4 is 5.32 Å². The van der Waals surface area contributed by atoms with Crippen molar-refractivity contribution in [1.29, 1.82) is 0 Å². The zero-order valence-electron chi connectivity index (χ0n) is 10.3. The van der Waals surface area contributed by atoms with Crippen molar-refractivity contribution >= 4 is 5.82 Å². The van der Waals surface area contributed by atoms with Gasteiger partial charge in [0.05, 0.1) is 6.20 Å². The molecule has 0 radical (unpaired) electrons. The monoisotopic (exact) mass is 221 g/mol.